The number of carbonyl (C=O) groups excluding carboxylic acids is 2. The molecule has 1 aromatic carbocycles. The zero-order chi connectivity index (χ0) is 19.7. The Morgan fingerprint density at radius 3 is 2.19 bits per heavy atom. The van der Waals surface area contributed by atoms with Crippen LogP contribution in [0.1, 0.15) is 0 Å². The third-order valence-corrected chi connectivity index (χ3v) is 5.35. The molecule has 0 bridgehead atoms. The van der Waals surface area contributed by atoms with Crippen LogP contribution in [0.25, 0.3) is 0 Å². The summed E-state index contributed by atoms with van der Waals surface area (Å²) in [6.45, 7) is 6.64. The number of rotatable bonds is 10. The van der Waals surface area contributed by atoms with E-state index in [4.69, 9.17) is 16.3 Å². The summed E-state index contributed by atoms with van der Waals surface area (Å²) in [5.41, 5.74) is 0. The van der Waals surface area contributed by atoms with Gasteiger partial charge in [-0.05, 0) is 24.3 Å². The normalized spacial score (nSPS) is 11.0. The van der Waals surface area contributed by atoms with E-state index in [2.05, 4.69) is 13.2 Å². The van der Waals surface area contributed by atoms with Crippen LogP contribution in [0, 0.1) is 0 Å². The molecule has 0 radical (unpaired) electrons. The highest BCUT2D eigenvalue weighted by molar-refractivity contribution is 7.89. The highest BCUT2D eigenvalue weighted by Crippen LogP contribution is 2.17. The zero-order valence-electron chi connectivity index (χ0n) is 14.4. The van der Waals surface area contributed by atoms with Crippen LogP contribution < -0.4 is 0 Å². The van der Waals surface area contributed by atoms with Gasteiger partial charge in [-0.15, -0.1) is 13.2 Å². The standard InChI is InChI=1S/C17H21ClN2O5S/c1-4-10-20(11-5-2)16(21)13-25-17(22)12-19(3)26(23,24)15-8-6-14(18)7-9-15/h4-9H,1-2,10-13H2,3H3. The van der Waals surface area contributed by atoms with E-state index in [0.717, 1.165) is 4.31 Å². The Bertz CT molecular complexity index is 752. The van der Waals surface area contributed by atoms with Crippen LogP contribution in [0.3, 0.4) is 0 Å². The molecule has 0 saturated carbocycles. The highest BCUT2D eigenvalue weighted by Gasteiger charge is 2.24. The molecule has 0 aliphatic rings. The quantitative estimate of drug-likeness (QED) is 0.441. The number of amides is 1. The van der Waals surface area contributed by atoms with Crippen molar-refractivity contribution in [2.45, 2.75) is 4.90 Å². The monoisotopic (exact) mass is 400 g/mol. The number of likely N-dealkylation sites (N-methyl/N-ethyl adjacent to an activating group) is 1. The molecule has 142 valence electrons. The summed E-state index contributed by atoms with van der Waals surface area (Å²) in [4.78, 5) is 25.2. The molecular weight excluding hydrogens is 380 g/mol. The molecule has 0 fully saturated rings. The molecule has 0 aromatic heterocycles. The van der Waals surface area contributed by atoms with Gasteiger partial charge < -0.3 is 9.64 Å². The van der Waals surface area contributed by atoms with Crippen molar-refractivity contribution in [3.63, 3.8) is 0 Å². The smallest absolute Gasteiger partial charge is 0.321 e. The zero-order valence-corrected chi connectivity index (χ0v) is 16.0. The van der Waals surface area contributed by atoms with E-state index in [9.17, 15) is 18.0 Å². The molecule has 7 nitrogen and oxygen atoms in total. The summed E-state index contributed by atoms with van der Waals surface area (Å²) >= 11 is 5.74. The second kappa shape index (κ2) is 10.1. The fourth-order valence-corrected chi connectivity index (χ4v) is 3.16. The van der Waals surface area contributed by atoms with Crippen LogP contribution in [-0.2, 0) is 24.3 Å². The predicted molar refractivity (Wildman–Crippen MR) is 99.2 cm³/mol. The average Bonchev–Trinajstić information content (AvgIpc) is 2.59. The van der Waals surface area contributed by atoms with Crippen molar-refractivity contribution in [1.29, 1.82) is 0 Å². The Hall–Kier alpha value is -2.16. The minimum atomic E-state index is -3.87. The lowest BCUT2D eigenvalue weighted by Crippen LogP contribution is -2.37. The van der Waals surface area contributed by atoms with Gasteiger partial charge in [0.1, 0.15) is 6.54 Å². The lowest BCUT2D eigenvalue weighted by Gasteiger charge is -2.20. The molecule has 0 spiro atoms. The summed E-state index contributed by atoms with van der Waals surface area (Å²) in [6, 6.07) is 5.55. The first-order chi connectivity index (χ1) is 12.2. The summed E-state index contributed by atoms with van der Waals surface area (Å²) in [5.74, 6) is -1.27. The van der Waals surface area contributed by atoms with E-state index in [1.54, 1.807) is 0 Å². The summed E-state index contributed by atoms with van der Waals surface area (Å²) in [7, 11) is -2.63. The SMILES string of the molecule is C=CCN(CC=C)C(=O)COC(=O)CN(C)S(=O)(=O)c1ccc(Cl)cc1. The second-order valence-electron chi connectivity index (χ2n) is 5.25. The minimum Gasteiger partial charge on any atom is -0.455 e. The van der Waals surface area contributed by atoms with E-state index in [1.165, 1.54) is 48.4 Å². The summed E-state index contributed by atoms with van der Waals surface area (Å²) in [5, 5.41) is 0.396. The molecule has 26 heavy (non-hydrogen) atoms. The Labute approximate surface area is 158 Å². The van der Waals surface area contributed by atoms with Gasteiger partial charge in [-0.25, -0.2) is 8.42 Å². The van der Waals surface area contributed by atoms with Gasteiger partial charge in [-0.1, -0.05) is 23.8 Å². The van der Waals surface area contributed by atoms with E-state index in [0.29, 0.717) is 5.02 Å². The van der Waals surface area contributed by atoms with Crippen LogP contribution >= 0.6 is 11.6 Å². The third kappa shape index (κ3) is 6.29. The van der Waals surface area contributed by atoms with Crippen LogP contribution in [-0.4, -0.2) is 62.8 Å². The number of sulfonamides is 1. The van der Waals surface area contributed by atoms with E-state index in [-0.39, 0.29) is 18.0 Å². The molecule has 0 atom stereocenters. The van der Waals surface area contributed by atoms with E-state index < -0.39 is 35.1 Å². The fourth-order valence-electron chi connectivity index (χ4n) is 1.92. The molecule has 0 unspecified atom stereocenters. The first kappa shape index (κ1) is 21.9. The third-order valence-electron chi connectivity index (χ3n) is 3.28. The number of halogens is 1. The fraction of sp³-hybridized carbons (Fsp3) is 0.294. The maximum Gasteiger partial charge on any atom is 0.321 e. The molecule has 0 saturated heterocycles. The van der Waals surface area contributed by atoms with Gasteiger partial charge >= 0.3 is 5.97 Å². The number of nitrogens with zero attached hydrogens (tertiary/aromatic N) is 2. The number of carbonyl (C=O) groups is 2. The van der Waals surface area contributed by atoms with Crippen molar-refractivity contribution < 1.29 is 22.7 Å². The molecule has 1 rings (SSSR count). The first-order valence-electron chi connectivity index (χ1n) is 7.59. The second-order valence-corrected chi connectivity index (χ2v) is 7.73. The Balaban J connectivity index is 2.63. The van der Waals surface area contributed by atoms with Crippen molar-refractivity contribution in [2.24, 2.45) is 0 Å². The molecule has 0 N–H and O–H groups in total. The average molecular weight is 401 g/mol. The first-order valence-corrected chi connectivity index (χ1v) is 9.41. The van der Waals surface area contributed by atoms with Crippen LogP contribution in [0.2, 0.25) is 5.02 Å². The van der Waals surface area contributed by atoms with Crippen molar-refractivity contribution >= 4 is 33.5 Å². The topological polar surface area (TPSA) is 84.0 Å². The predicted octanol–water partition coefficient (Wildman–Crippen LogP) is 1.70. The van der Waals surface area contributed by atoms with Crippen molar-refractivity contribution in [3.05, 3.63) is 54.6 Å². The van der Waals surface area contributed by atoms with Crippen molar-refractivity contribution in [2.75, 3.05) is 33.3 Å². The molecule has 1 aromatic rings. The maximum atomic E-state index is 12.4. The Morgan fingerprint density at radius 2 is 1.69 bits per heavy atom. The van der Waals surface area contributed by atoms with Gasteiger partial charge in [0.2, 0.25) is 10.0 Å². The highest BCUT2D eigenvalue weighted by atomic mass is 35.5. The van der Waals surface area contributed by atoms with Gasteiger partial charge in [0.05, 0.1) is 4.90 Å². The van der Waals surface area contributed by atoms with Crippen molar-refractivity contribution in [3.8, 4) is 0 Å². The van der Waals surface area contributed by atoms with Gasteiger partial charge in [0.15, 0.2) is 6.61 Å². The van der Waals surface area contributed by atoms with Gasteiger partial charge in [0, 0.05) is 25.2 Å². The molecular formula is C17H21ClN2O5S. The van der Waals surface area contributed by atoms with Crippen LogP contribution in [0.5, 0.6) is 0 Å². The Morgan fingerprint density at radius 1 is 1.15 bits per heavy atom. The van der Waals surface area contributed by atoms with Gasteiger partial charge in [-0.2, -0.15) is 4.31 Å². The number of esters is 1. The summed E-state index contributed by atoms with van der Waals surface area (Å²) in [6.07, 6.45) is 3.07. The van der Waals surface area contributed by atoms with E-state index in [1.807, 2.05) is 0 Å². The van der Waals surface area contributed by atoms with E-state index >= 15 is 0 Å². The van der Waals surface area contributed by atoms with Gasteiger partial charge in [-0.3, -0.25) is 9.59 Å². The van der Waals surface area contributed by atoms with Crippen LogP contribution in [0.4, 0.5) is 0 Å². The number of hydrogen-bond donors (Lipinski definition) is 0. The summed E-state index contributed by atoms with van der Waals surface area (Å²) < 4.78 is 30.5. The number of benzene rings is 1. The molecule has 0 heterocycles. The van der Waals surface area contributed by atoms with Crippen LogP contribution in [0.15, 0.2) is 54.5 Å². The van der Waals surface area contributed by atoms with Gasteiger partial charge in [0.25, 0.3) is 5.91 Å². The molecule has 1 amide bonds. The molecule has 9 heteroatoms. The Kier molecular flexibility index (Phi) is 8.50. The maximum absolute atomic E-state index is 12.4. The minimum absolute atomic E-state index is 0.00332. The lowest BCUT2D eigenvalue weighted by atomic mass is 10.4. The van der Waals surface area contributed by atoms with Crippen molar-refractivity contribution in [1.82, 2.24) is 9.21 Å². The lowest BCUT2D eigenvalue weighted by molar-refractivity contribution is -0.151. The molecule has 0 aliphatic carbocycles. The number of hydrogen-bond acceptors (Lipinski definition) is 5. The molecule has 0 aliphatic heterocycles. The largest absolute Gasteiger partial charge is 0.455 e. The number of ether oxygens (including phenoxy) is 1.